The number of nitrogen functional groups attached to an aromatic ring is 2. The molecule has 0 fully saturated rings. The molecule has 1 aromatic rings. The number of anilines is 3. The number of amides is 1. The van der Waals surface area contributed by atoms with Gasteiger partial charge in [0.25, 0.3) is 0 Å². The molecule has 0 aliphatic rings. The second-order valence-electron chi connectivity index (χ2n) is 3.96. The van der Waals surface area contributed by atoms with Gasteiger partial charge in [0.1, 0.15) is 0 Å². The summed E-state index contributed by atoms with van der Waals surface area (Å²) in [6.07, 6.45) is 0. The number of carbonyl (C=O) groups excluding carboxylic acids is 1. The molecule has 1 rings (SSSR count). The molecule has 0 bridgehead atoms. The van der Waals surface area contributed by atoms with Crippen LogP contribution in [0.15, 0.2) is 18.2 Å². The summed E-state index contributed by atoms with van der Waals surface area (Å²) < 4.78 is 0. The Morgan fingerprint density at radius 1 is 1.19 bits per heavy atom. The Bertz CT molecular complexity index is 390. The molecule has 0 saturated heterocycles. The SMILES string of the molecule is CN(C)C(=O)CN(C)c1ccc(N)c(N)c1. The Labute approximate surface area is 95.6 Å². The van der Waals surface area contributed by atoms with Gasteiger partial charge in [-0.15, -0.1) is 0 Å². The molecule has 5 heteroatoms. The molecule has 88 valence electrons. The molecule has 0 saturated carbocycles. The first-order valence-electron chi connectivity index (χ1n) is 4.98. The van der Waals surface area contributed by atoms with Crippen molar-refractivity contribution in [3.05, 3.63) is 18.2 Å². The Morgan fingerprint density at radius 3 is 2.31 bits per heavy atom. The highest BCUT2D eigenvalue weighted by Gasteiger charge is 2.09. The van der Waals surface area contributed by atoms with Crippen molar-refractivity contribution in [2.75, 3.05) is 44.1 Å². The minimum Gasteiger partial charge on any atom is -0.397 e. The number of nitrogens with zero attached hydrogens (tertiary/aromatic N) is 2. The standard InChI is InChI=1S/C11H18N4O/c1-14(2)11(16)7-15(3)8-4-5-9(12)10(13)6-8/h4-6H,7,12-13H2,1-3H3. The van der Waals surface area contributed by atoms with Crippen LogP contribution < -0.4 is 16.4 Å². The van der Waals surface area contributed by atoms with E-state index in [4.69, 9.17) is 11.5 Å². The second kappa shape index (κ2) is 4.74. The number of hydrogen-bond donors (Lipinski definition) is 2. The van der Waals surface area contributed by atoms with Crippen molar-refractivity contribution >= 4 is 23.0 Å². The maximum atomic E-state index is 11.5. The third-order valence-corrected chi connectivity index (χ3v) is 2.38. The van der Waals surface area contributed by atoms with Crippen LogP contribution in [0.3, 0.4) is 0 Å². The summed E-state index contributed by atoms with van der Waals surface area (Å²) in [6.45, 7) is 0.316. The van der Waals surface area contributed by atoms with E-state index in [1.165, 1.54) is 0 Å². The average molecular weight is 222 g/mol. The fourth-order valence-electron chi connectivity index (χ4n) is 1.24. The third-order valence-electron chi connectivity index (χ3n) is 2.38. The molecular weight excluding hydrogens is 204 g/mol. The van der Waals surface area contributed by atoms with E-state index in [-0.39, 0.29) is 5.91 Å². The van der Waals surface area contributed by atoms with Crippen LogP contribution in [-0.2, 0) is 4.79 Å². The van der Waals surface area contributed by atoms with Crippen LogP contribution in [0.2, 0.25) is 0 Å². The average Bonchev–Trinajstić information content (AvgIpc) is 2.21. The van der Waals surface area contributed by atoms with Gasteiger partial charge in [0.05, 0.1) is 17.9 Å². The Balaban J connectivity index is 2.77. The van der Waals surface area contributed by atoms with Crippen LogP contribution in [0.25, 0.3) is 0 Å². The van der Waals surface area contributed by atoms with E-state index in [0.29, 0.717) is 17.9 Å². The first-order valence-corrected chi connectivity index (χ1v) is 4.98. The van der Waals surface area contributed by atoms with E-state index in [1.54, 1.807) is 31.1 Å². The summed E-state index contributed by atoms with van der Waals surface area (Å²) in [5.74, 6) is 0.0397. The predicted molar refractivity (Wildman–Crippen MR) is 67.2 cm³/mol. The summed E-state index contributed by atoms with van der Waals surface area (Å²) in [4.78, 5) is 14.9. The van der Waals surface area contributed by atoms with Gasteiger partial charge in [-0.1, -0.05) is 0 Å². The van der Waals surface area contributed by atoms with Gasteiger partial charge in [0.2, 0.25) is 5.91 Å². The highest BCUT2D eigenvalue weighted by Crippen LogP contribution is 2.21. The van der Waals surface area contributed by atoms with E-state index in [9.17, 15) is 4.79 Å². The largest absolute Gasteiger partial charge is 0.397 e. The van der Waals surface area contributed by atoms with E-state index in [0.717, 1.165) is 5.69 Å². The van der Waals surface area contributed by atoms with Crippen molar-refractivity contribution in [3.63, 3.8) is 0 Å². The first kappa shape index (κ1) is 12.2. The summed E-state index contributed by atoms with van der Waals surface area (Å²) in [5, 5.41) is 0. The Hall–Kier alpha value is -1.91. The molecule has 0 aliphatic heterocycles. The normalized spacial score (nSPS) is 9.94. The molecule has 0 spiro atoms. The third kappa shape index (κ3) is 2.79. The maximum Gasteiger partial charge on any atom is 0.241 e. The van der Waals surface area contributed by atoms with Gasteiger partial charge in [-0.2, -0.15) is 0 Å². The lowest BCUT2D eigenvalue weighted by Gasteiger charge is -2.21. The van der Waals surface area contributed by atoms with Crippen molar-refractivity contribution < 1.29 is 4.79 Å². The van der Waals surface area contributed by atoms with Gasteiger partial charge in [-0.05, 0) is 18.2 Å². The first-order chi connectivity index (χ1) is 7.41. The lowest BCUT2D eigenvalue weighted by atomic mass is 10.2. The quantitative estimate of drug-likeness (QED) is 0.725. The minimum atomic E-state index is 0.0397. The molecule has 0 aromatic heterocycles. The van der Waals surface area contributed by atoms with Crippen LogP contribution in [0, 0.1) is 0 Å². The van der Waals surface area contributed by atoms with Gasteiger partial charge in [-0.25, -0.2) is 0 Å². The molecule has 0 aliphatic carbocycles. The maximum absolute atomic E-state index is 11.5. The summed E-state index contributed by atoms with van der Waals surface area (Å²) in [7, 11) is 5.30. The van der Waals surface area contributed by atoms with Gasteiger partial charge >= 0.3 is 0 Å². The fourth-order valence-corrected chi connectivity index (χ4v) is 1.24. The van der Waals surface area contributed by atoms with E-state index < -0.39 is 0 Å². The van der Waals surface area contributed by atoms with Crippen LogP contribution in [0.1, 0.15) is 0 Å². The smallest absolute Gasteiger partial charge is 0.241 e. The van der Waals surface area contributed by atoms with Gasteiger partial charge in [-0.3, -0.25) is 4.79 Å². The topological polar surface area (TPSA) is 75.6 Å². The monoisotopic (exact) mass is 222 g/mol. The van der Waals surface area contributed by atoms with Gasteiger partial charge < -0.3 is 21.3 Å². The van der Waals surface area contributed by atoms with Crippen molar-refractivity contribution in [2.45, 2.75) is 0 Å². The zero-order valence-electron chi connectivity index (χ0n) is 9.90. The zero-order valence-corrected chi connectivity index (χ0v) is 9.90. The minimum absolute atomic E-state index is 0.0397. The Kier molecular flexibility index (Phi) is 3.60. The number of hydrogen-bond acceptors (Lipinski definition) is 4. The number of benzene rings is 1. The van der Waals surface area contributed by atoms with E-state index >= 15 is 0 Å². The second-order valence-corrected chi connectivity index (χ2v) is 3.96. The van der Waals surface area contributed by atoms with Crippen LogP contribution >= 0.6 is 0 Å². The number of carbonyl (C=O) groups is 1. The van der Waals surface area contributed by atoms with Crippen LogP contribution in [0.5, 0.6) is 0 Å². The highest BCUT2D eigenvalue weighted by molar-refractivity contribution is 5.81. The summed E-state index contributed by atoms with van der Waals surface area (Å²) >= 11 is 0. The molecule has 1 aromatic carbocycles. The van der Waals surface area contributed by atoms with E-state index in [1.807, 2.05) is 18.0 Å². The Morgan fingerprint density at radius 2 is 1.81 bits per heavy atom. The van der Waals surface area contributed by atoms with Crippen molar-refractivity contribution in [2.24, 2.45) is 0 Å². The number of likely N-dealkylation sites (N-methyl/N-ethyl adjacent to an activating group) is 2. The molecule has 16 heavy (non-hydrogen) atoms. The van der Waals surface area contributed by atoms with E-state index in [2.05, 4.69) is 0 Å². The molecule has 0 heterocycles. The van der Waals surface area contributed by atoms with Crippen LogP contribution in [0.4, 0.5) is 17.1 Å². The molecule has 0 radical (unpaired) electrons. The number of rotatable bonds is 3. The predicted octanol–water partition coefficient (Wildman–Crippen LogP) is 0.375. The highest BCUT2D eigenvalue weighted by atomic mass is 16.2. The molecular formula is C11H18N4O. The van der Waals surface area contributed by atoms with Crippen molar-refractivity contribution in [1.82, 2.24) is 4.90 Å². The summed E-state index contributed by atoms with van der Waals surface area (Å²) in [5.41, 5.74) is 13.3. The lowest BCUT2D eigenvalue weighted by molar-refractivity contribution is -0.127. The lowest BCUT2D eigenvalue weighted by Crippen LogP contribution is -2.34. The summed E-state index contributed by atoms with van der Waals surface area (Å²) in [6, 6.07) is 5.34. The molecule has 5 nitrogen and oxygen atoms in total. The van der Waals surface area contributed by atoms with Crippen molar-refractivity contribution in [3.8, 4) is 0 Å². The van der Waals surface area contributed by atoms with Gasteiger partial charge in [0, 0.05) is 26.8 Å². The zero-order chi connectivity index (χ0) is 12.3. The van der Waals surface area contributed by atoms with Crippen LogP contribution in [-0.4, -0.2) is 38.5 Å². The molecule has 0 unspecified atom stereocenters. The molecule has 0 atom stereocenters. The number of nitrogens with two attached hydrogens (primary N) is 2. The van der Waals surface area contributed by atoms with Crippen molar-refractivity contribution in [1.29, 1.82) is 0 Å². The fraction of sp³-hybridized carbons (Fsp3) is 0.364. The molecule has 1 amide bonds. The van der Waals surface area contributed by atoms with Gasteiger partial charge in [0.15, 0.2) is 0 Å². The molecule has 4 N–H and O–H groups in total.